The van der Waals surface area contributed by atoms with E-state index in [4.69, 9.17) is 9.31 Å². The highest BCUT2D eigenvalue weighted by Gasteiger charge is 2.52. The summed E-state index contributed by atoms with van der Waals surface area (Å²) in [5, 5.41) is 2.94. The van der Waals surface area contributed by atoms with Crippen LogP contribution in [0.2, 0.25) is 0 Å². The Morgan fingerprint density at radius 3 is 2.43 bits per heavy atom. The van der Waals surface area contributed by atoms with Gasteiger partial charge in [-0.3, -0.25) is 4.79 Å². The lowest BCUT2D eigenvalue weighted by Gasteiger charge is -2.32. The number of amides is 1. The third-order valence-electron chi connectivity index (χ3n) is 4.87. The first-order valence-corrected chi connectivity index (χ1v) is 8.11. The normalized spacial score (nSPS) is 22.2. The minimum atomic E-state index is -0.758. The van der Waals surface area contributed by atoms with Gasteiger partial charge < -0.3 is 14.6 Å². The van der Waals surface area contributed by atoms with Crippen LogP contribution in [0.3, 0.4) is 0 Å². The van der Waals surface area contributed by atoms with E-state index in [0.717, 1.165) is 18.4 Å². The van der Waals surface area contributed by atoms with Crippen molar-refractivity contribution in [3.8, 4) is 0 Å². The number of nitrogens with one attached hydrogen (secondary N) is 1. The average Bonchev–Trinajstić information content (AvgIpc) is 3.19. The smallest absolute Gasteiger partial charge is 0.399 e. The van der Waals surface area contributed by atoms with Crippen molar-refractivity contribution in [3.05, 3.63) is 29.6 Å². The van der Waals surface area contributed by atoms with Crippen LogP contribution >= 0.6 is 0 Å². The summed E-state index contributed by atoms with van der Waals surface area (Å²) in [6, 6.07) is 5.01. The van der Waals surface area contributed by atoms with Crippen LogP contribution in [0, 0.1) is 5.82 Å². The molecule has 1 amide bonds. The van der Waals surface area contributed by atoms with Crippen LogP contribution < -0.4 is 10.8 Å². The molecule has 2 aliphatic rings. The van der Waals surface area contributed by atoms with Crippen LogP contribution in [0.25, 0.3) is 0 Å². The summed E-state index contributed by atoms with van der Waals surface area (Å²) in [5.74, 6) is -0.408. The summed E-state index contributed by atoms with van der Waals surface area (Å²) in [6.07, 6.45) is 2.34. The van der Waals surface area contributed by atoms with Gasteiger partial charge in [-0.25, -0.2) is 4.39 Å². The molecule has 1 heterocycles. The molecule has 1 aromatic rings. The van der Waals surface area contributed by atoms with Crippen LogP contribution in [-0.2, 0) is 20.5 Å². The summed E-state index contributed by atoms with van der Waals surface area (Å²) in [4.78, 5) is 11.9. The van der Waals surface area contributed by atoms with Gasteiger partial charge in [0.25, 0.3) is 0 Å². The summed E-state index contributed by atoms with van der Waals surface area (Å²) in [6.45, 7) is 7.71. The van der Waals surface area contributed by atoms with E-state index < -0.39 is 18.3 Å². The van der Waals surface area contributed by atoms with E-state index in [0.29, 0.717) is 11.5 Å². The topological polar surface area (TPSA) is 47.6 Å². The second kappa shape index (κ2) is 5.60. The van der Waals surface area contributed by atoms with Crippen molar-refractivity contribution >= 4 is 18.5 Å². The Bertz CT molecular complexity index is 612. The molecule has 0 unspecified atom stereocenters. The second-order valence-corrected chi connectivity index (χ2v) is 7.46. The zero-order valence-corrected chi connectivity index (χ0v) is 14.1. The Kier molecular flexibility index (Phi) is 4.01. The lowest BCUT2D eigenvalue weighted by molar-refractivity contribution is -0.120. The fourth-order valence-corrected chi connectivity index (χ4v) is 2.55. The maximum absolute atomic E-state index is 14.2. The largest absolute Gasteiger partial charge is 0.497 e. The zero-order chi connectivity index (χ0) is 16.8. The number of benzene rings is 1. The van der Waals surface area contributed by atoms with Gasteiger partial charge in [0.2, 0.25) is 5.91 Å². The van der Waals surface area contributed by atoms with Crippen molar-refractivity contribution in [2.24, 2.45) is 0 Å². The Morgan fingerprint density at radius 1 is 1.26 bits per heavy atom. The highest BCUT2D eigenvalue weighted by Crippen LogP contribution is 2.36. The first-order chi connectivity index (χ1) is 10.7. The van der Waals surface area contributed by atoms with Crippen LogP contribution in [0.15, 0.2) is 18.2 Å². The molecule has 0 radical (unpaired) electrons. The second-order valence-electron chi connectivity index (χ2n) is 7.46. The van der Waals surface area contributed by atoms with E-state index in [-0.39, 0.29) is 18.1 Å². The lowest BCUT2D eigenvalue weighted by Crippen LogP contribution is -2.41. The zero-order valence-electron chi connectivity index (χ0n) is 14.1. The van der Waals surface area contributed by atoms with Crippen molar-refractivity contribution in [2.45, 2.75) is 64.2 Å². The van der Waals surface area contributed by atoms with Gasteiger partial charge in [-0.15, -0.1) is 0 Å². The highest BCUT2D eigenvalue weighted by molar-refractivity contribution is 6.62. The minimum absolute atomic E-state index is 0.0287. The molecule has 2 fully saturated rings. The van der Waals surface area contributed by atoms with Gasteiger partial charge in [-0.1, -0.05) is 12.1 Å². The van der Waals surface area contributed by atoms with Crippen molar-refractivity contribution in [1.82, 2.24) is 5.32 Å². The molecule has 0 bridgehead atoms. The fourth-order valence-electron chi connectivity index (χ4n) is 2.55. The molecule has 1 saturated heterocycles. The van der Waals surface area contributed by atoms with Gasteiger partial charge in [0.15, 0.2) is 0 Å². The fraction of sp³-hybridized carbons (Fsp3) is 0.588. The van der Waals surface area contributed by atoms with Gasteiger partial charge in [0.05, 0.1) is 17.6 Å². The molecular formula is C17H23BFNO3. The number of rotatable bonds is 4. The van der Waals surface area contributed by atoms with E-state index in [9.17, 15) is 9.18 Å². The molecule has 3 rings (SSSR count). The first kappa shape index (κ1) is 16.5. The van der Waals surface area contributed by atoms with Crippen LogP contribution in [-0.4, -0.2) is 30.3 Å². The van der Waals surface area contributed by atoms with E-state index in [2.05, 4.69) is 5.32 Å². The molecule has 1 N–H and O–H groups in total. The van der Waals surface area contributed by atoms with Crippen molar-refractivity contribution in [1.29, 1.82) is 0 Å². The van der Waals surface area contributed by atoms with Crippen molar-refractivity contribution in [2.75, 3.05) is 0 Å². The van der Waals surface area contributed by atoms with Crippen molar-refractivity contribution in [3.63, 3.8) is 0 Å². The van der Waals surface area contributed by atoms with Gasteiger partial charge in [-0.2, -0.15) is 0 Å². The number of carbonyl (C=O) groups is 1. The molecular weight excluding hydrogens is 296 g/mol. The number of hydrogen-bond donors (Lipinski definition) is 1. The molecule has 124 valence electrons. The molecule has 0 spiro atoms. The Morgan fingerprint density at radius 2 is 1.87 bits per heavy atom. The standard InChI is InChI=1S/C17H23BFNO3/c1-16(2)17(3,4)23-18(22-16)13-9-11(5-8-14(13)19)10-15(21)20-12-6-7-12/h5,8-9,12H,6-7,10H2,1-4H3,(H,20,21). The van der Waals surface area contributed by atoms with Crippen LogP contribution in [0.5, 0.6) is 0 Å². The highest BCUT2D eigenvalue weighted by atomic mass is 19.1. The molecule has 1 aliphatic heterocycles. The van der Waals surface area contributed by atoms with Gasteiger partial charge in [0, 0.05) is 11.5 Å². The SMILES string of the molecule is CC1(C)OB(c2cc(CC(=O)NC3CC3)ccc2F)OC1(C)C. The number of carbonyl (C=O) groups excluding carboxylic acids is 1. The van der Waals surface area contributed by atoms with Gasteiger partial charge >= 0.3 is 7.12 Å². The Labute approximate surface area is 136 Å². The van der Waals surface area contributed by atoms with Crippen LogP contribution in [0.1, 0.15) is 46.1 Å². The molecule has 0 atom stereocenters. The summed E-state index contributed by atoms with van der Waals surface area (Å²) in [5.41, 5.74) is 0.0575. The molecule has 6 heteroatoms. The van der Waals surface area contributed by atoms with E-state index in [1.54, 1.807) is 12.1 Å². The molecule has 1 saturated carbocycles. The predicted octanol–water partition coefficient (Wildman–Crippen LogP) is 1.95. The third kappa shape index (κ3) is 3.43. The Hall–Kier alpha value is -1.40. The monoisotopic (exact) mass is 319 g/mol. The third-order valence-corrected chi connectivity index (χ3v) is 4.87. The van der Waals surface area contributed by atoms with Crippen molar-refractivity contribution < 1.29 is 18.5 Å². The average molecular weight is 319 g/mol. The minimum Gasteiger partial charge on any atom is -0.399 e. The first-order valence-electron chi connectivity index (χ1n) is 8.11. The number of hydrogen-bond acceptors (Lipinski definition) is 3. The summed E-state index contributed by atoms with van der Waals surface area (Å²) >= 11 is 0. The van der Waals surface area contributed by atoms with Crippen LogP contribution in [0.4, 0.5) is 4.39 Å². The lowest BCUT2D eigenvalue weighted by atomic mass is 9.77. The molecule has 1 aliphatic carbocycles. The van der Waals surface area contributed by atoms with Gasteiger partial charge in [0.1, 0.15) is 5.82 Å². The maximum Gasteiger partial charge on any atom is 0.497 e. The van der Waals surface area contributed by atoms with E-state index in [1.165, 1.54) is 6.07 Å². The Balaban J connectivity index is 1.77. The molecule has 1 aromatic carbocycles. The van der Waals surface area contributed by atoms with E-state index in [1.807, 2.05) is 27.7 Å². The van der Waals surface area contributed by atoms with E-state index >= 15 is 0 Å². The quantitative estimate of drug-likeness (QED) is 0.863. The predicted molar refractivity (Wildman–Crippen MR) is 87.0 cm³/mol. The molecule has 0 aromatic heterocycles. The summed E-state index contributed by atoms with van der Waals surface area (Å²) in [7, 11) is -0.758. The molecule has 23 heavy (non-hydrogen) atoms. The molecule has 4 nitrogen and oxygen atoms in total. The maximum atomic E-state index is 14.2. The van der Waals surface area contributed by atoms with Gasteiger partial charge in [-0.05, 0) is 52.2 Å². The number of halogens is 1. The summed E-state index contributed by atoms with van der Waals surface area (Å²) < 4.78 is 26.0.